The minimum Gasteiger partial charge on any atom is -0.333 e. The molecule has 0 aromatic carbocycles. The Morgan fingerprint density at radius 3 is 2.21 bits per heavy atom. The number of amides is 2. The topological polar surface area (TPSA) is 64.9 Å². The highest BCUT2D eigenvalue weighted by Gasteiger charge is 2.51. The van der Waals surface area contributed by atoms with E-state index in [9.17, 15) is 4.79 Å². The van der Waals surface area contributed by atoms with Crippen LogP contribution in [0.5, 0.6) is 0 Å². The van der Waals surface area contributed by atoms with E-state index in [1.165, 1.54) is 19.3 Å². The maximum atomic E-state index is 12.1. The molecule has 0 aliphatic heterocycles. The van der Waals surface area contributed by atoms with Crippen molar-refractivity contribution in [2.24, 2.45) is 17.8 Å². The van der Waals surface area contributed by atoms with Gasteiger partial charge in [-0.2, -0.15) is 5.26 Å². The molecule has 0 aromatic heterocycles. The number of rotatable bonds is 3. The van der Waals surface area contributed by atoms with Gasteiger partial charge in [0.25, 0.3) is 0 Å². The summed E-state index contributed by atoms with van der Waals surface area (Å²) >= 11 is 0. The fourth-order valence-electron chi connectivity index (χ4n) is 4.92. The molecule has 4 heteroatoms. The minimum atomic E-state index is -0.367. The van der Waals surface area contributed by atoms with Gasteiger partial charge in [-0.1, -0.05) is 6.92 Å². The zero-order valence-electron chi connectivity index (χ0n) is 11.6. The van der Waals surface area contributed by atoms with Gasteiger partial charge in [0.05, 0.1) is 6.07 Å². The van der Waals surface area contributed by atoms with Gasteiger partial charge in [0.1, 0.15) is 6.04 Å². The standard InChI is InChI=1S/C15H23N3O/c1-2-13(9-16)17-14(19)18-15-6-10-3-11(7-15)5-12(4-10)8-15/h10-13H,2-8H2,1H3,(H2,17,18,19). The summed E-state index contributed by atoms with van der Waals surface area (Å²) in [7, 11) is 0. The van der Waals surface area contributed by atoms with Crippen LogP contribution in [0.3, 0.4) is 0 Å². The van der Waals surface area contributed by atoms with Gasteiger partial charge in [-0.25, -0.2) is 4.79 Å². The van der Waals surface area contributed by atoms with E-state index < -0.39 is 0 Å². The summed E-state index contributed by atoms with van der Waals surface area (Å²) in [5.41, 5.74) is 0.0343. The van der Waals surface area contributed by atoms with E-state index in [1.807, 2.05) is 6.92 Å². The number of urea groups is 1. The average Bonchev–Trinajstić information content (AvgIpc) is 2.33. The number of hydrogen-bond acceptors (Lipinski definition) is 2. The fraction of sp³-hybridized carbons (Fsp3) is 0.867. The average molecular weight is 261 g/mol. The molecule has 0 heterocycles. The smallest absolute Gasteiger partial charge is 0.316 e. The van der Waals surface area contributed by atoms with Gasteiger partial charge in [0.2, 0.25) is 0 Å². The van der Waals surface area contributed by atoms with Crippen molar-refractivity contribution >= 4 is 6.03 Å². The molecule has 4 fully saturated rings. The third-order valence-corrected chi connectivity index (χ3v) is 5.29. The molecule has 4 rings (SSSR count). The van der Waals surface area contributed by atoms with Crippen LogP contribution in [0.15, 0.2) is 0 Å². The number of nitrogens with one attached hydrogen (secondary N) is 2. The van der Waals surface area contributed by atoms with Crippen molar-refractivity contribution in [1.29, 1.82) is 5.26 Å². The fourth-order valence-corrected chi connectivity index (χ4v) is 4.92. The van der Waals surface area contributed by atoms with Gasteiger partial charge in [-0.05, 0) is 62.7 Å². The first-order chi connectivity index (χ1) is 9.12. The molecular formula is C15H23N3O. The molecule has 2 N–H and O–H groups in total. The van der Waals surface area contributed by atoms with Crippen LogP contribution in [-0.4, -0.2) is 17.6 Å². The van der Waals surface area contributed by atoms with Gasteiger partial charge in [0, 0.05) is 5.54 Å². The first-order valence-corrected chi connectivity index (χ1v) is 7.61. The summed E-state index contributed by atoms with van der Waals surface area (Å²) in [5.74, 6) is 2.47. The lowest BCUT2D eigenvalue weighted by atomic mass is 9.53. The van der Waals surface area contributed by atoms with Crippen molar-refractivity contribution < 1.29 is 4.79 Å². The van der Waals surface area contributed by atoms with Crippen LogP contribution in [0.1, 0.15) is 51.9 Å². The van der Waals surface area contributed by atoms with E-state index in [-0.39, 0.29) is 17.6 Å². The monoisotopic (exact) mass is 261 g/mol. The van der Waals surface area contributed by atoms with Crippen LogP contribution in [0, 0.1) is 29.1 Å². The van der Waals surface area contributed by atoms with E-state index in [2.05, 4.69) is 16.7 Å². The Morgan fingerprint density at radius 2 is 1.79 bits per heavy atom. The van der Waals surface area contributed by atoms with E-state index in [0.717, 1.165) is 37.0 Å². The van der Waals surface area contributed by atoms with Crippen LogP contribution >= 0.6 is 0 Å². The lowest BCUT2D eigenvalue weighted by Crippen LogP contribution is -2.62. The third kappa shape index (κ3) is 2.43. The van der Waals surface area contributed by atoms with E-state index in [4.69, 9.17) is 5.26 Å². The quantitative estimate of drug-likeness (QED) is 0.820. The summed E-state index contributed by atoms with van der Waals surface area (Å²) in [6.45, 7) is 1.92. The number of nitriles is 1. The molecular weight excluding hydrogens is 238 g/mol. The molecule has 0 aromatic rings. The molecule has 0 spiro atoms. The van der Waals surface area contributed by atoms with Crippen LogP contribution in [0.2, 0.25) is 0 Å². The first-order valence-electron chi connectivity index (χ1n) is 7.61. The molecule has 4 saturated carbocycles. The summed E-state index contributed by atoms with van der Waals surface area (Å²) in [6.07, 6.45) is 8.22. The van der Waals surface area contributed by atoms with Crippen LogP contribution in [0.4, 0.5) is 4.79 Å². The number of hydrogen-bond donors (Lipinski definition) is 2. The second-order valence-electron chi connectivity index (χ2n) is 6.89. The van der Waals surface area contributed by atoms with Crippen molar-refractivity contribution in [3.05, 3.63) is 0 Å². The lowest BCUT2D eigenvalue weighted by molar-refractivity contribution is -0.0135. The first kappa shape index (κ1) is 12.8. The zero-order valence-corrected chi connectivity index (χ0v) is 11.6. The predicted octanol–water partition coefficient (Wildman–Crippen LogP) is 2.56. The van der Waals surface area contributed by atoms with Crippen LogP contribution < -0.4 is 10.6 Å². The molecule has 4 bridgehead atoms. The summed E-state index contributed by atoms with van der Waals surface area (Å²) in [6, 6.07) is 1.61. The second kappa shape index (κ2) is 4.70. The minimum absolute atomic E-state index is 0.0343. The van der Waals surface area contributed by atoms with E-state index >= 15 is 0 Å². The van der Waals surface area contributed by atoms with Crippen molar-refractivity contribution in [3.63, 3.8) is 0 Å². The number of carbonyl (C=O) groups excluding carboxylic acids is 1. The zero-order chi connectivity index (χ0) is 13.5. The third-order valence-electron chi connectivity index (χ3n) is 5.29. The maximum absolute atomic E-state index is 12.1. The van der Waals surface area contributed by atoms with Crippen molar-refractivity contribution in [2.75, 3.05) is 0 Å². The van der Waals surface area contributed by atoms with Crippen LogP contribution in [-0.2, 0) is 0 Å². The molecule has 19 heavy (non-hydrogen) atoms. The summed E-state index contributed by atoms with van der Waals surface area (Å²) in [4.78, 5) is 12.1. The molecule has 2 amide bonds. The van der Waals surface area contributed by atoms with Crippen molar-refractivity contribution in [3.8, 4) is 6.07 Å². The molecule has 1 unspecified atom stereocenters. The summed E-state index contributed by atoms with van der Waals surface area (Å²) < 4.78 is 0. The van der Waals surface area contributed by atoms with Crippen molar-refractivity contribution in [1.82, 2.24) is 10.6 Å². The molecule has 4 nitrogen and oxygen atoms in total. The molecule has 0 saturated heterocycles. The molecule has 104 valence electrons. The molecule has 4 aliphatic rings. The van der Waals surface area contributed by atoms with Gasteiger partial charge in [-0.15, -0.1) is 0 Å². The van der Waals surface area contributed by atoms with Crippen molar-refractivity contribution in [2.45, 2.75) is 63.5 Å². The summed E-state index contributed by atoms with van der Waals surface area (Å²) in [5, 5.41) is 14.9. The lowest BCUT2D eigenvalue weighted by Gasteiger charge is -2.56. The highest BCUT2D eigenvalue weighted by Crippen LogP contribution is 2.55. The Balaban J connectivity index is 1.63. The predicted molar refractivity (Wildman–Crippen MR) is 72.3 cm³/mol. The second-order valence-corrected chi connectivity index (χ2v) is 6.89. The number of carbonyl (C=O) groups is 1. The Kier molecular flexibility index (Phi) is 3.16. The van der Waals surface area contributed by atoms with Gasteiger partial charge >= 0.3 is 6.03 Å². The Bertz CT molecular complexity index is 377. The van der Waals surface area contributed by atoms with Gasteiger partial charge in [-0.3, -0.25) is 0 Å². The maximum Gasteiger partial charge on any atom is 0.316 e. The normalized spacial score (nSPS) is 40.5. The highest BCUT2D eigenvalue weighted by atomic mass is 16.2. The number of nitrogens with zero attached hydrogens (tertiary/aromatic N) is 1. The molecule has 1 atom stereocenters. The molecule has 4 aliphatic carbocycles. The van der Waals surface area contributed by atoms with Crippen LogP contribution in [0.25, 0.3) is 0 Å². The molecule has 0 radical (unpaired) electrons. The van der Waals surface area contributed by atoms with Gasteiger partial charge in [0.15, 0.2) is 0 Å². The Labute approximate surface area is 114 Å². The van der Waals surface area contributed by atoms with Gasteiger partial charge < -0.3 is 10.6 Å². The Hall–Kier alpha value is -1.24. The van der Waals surface area contributed by atoms with E-state index in [1.54, 1.807) is 0 Å². The largest absolute Gasteiger partial charge is 0.333 e. The van der Waals surface area contributed by atoms with E-state index in [0.29, 0.717) is 6.42 Å². The highest BCUT2D eigenvalue weighted by molar-refractivity contribution is 5.75. The SMILES string of the molecule is CCC(C#N)NC(=O)NC12CC3CC(CC(C3)C1)C2. The Morgan fingerprint density at radius 1 is 1.26 bits per heavy atom.